The van der Waals surface area contributed by atoms with Crippen LogP contribution in [0.15, 0.2) is 60.8 Å². The van der Waals surface area contributed by atoms with Crippen LogP contribution in [0.4, 0.5) is 4.79 Å². The second kappa shape index (κ2) is 10.5. The van der Waals surface area contributed by atoms with Gasteiger partial charge in [-0.25, -0.2) is 14.6 Å². The molecule has 2 saturated heterocycles. The van der Waals surface area contributed by atoms with Crippen LogP contribution >= 0.6 is 0 Å². The molecule has 2 aliphatic heterocycles. The number of hydrogen-bond acceptors (Lipinski definition) is 9. The third-order valence-corrected chi connectivity index (χ3v) is 7.22. The monoisotopic (exact) mass is 547 g/mol. The molecule has 1 N–H and O–H groups in total. The number of ether oxygens (including phenoxy) is 3. The fourth-order valence-electron chi connectivity index (χ4n) is 5.14. The standard InChI is InChI=1S/C28H29N5O7/c1-27(25(36)38-3)17-32(26(37)39-16-18-9-5-4-6-10-18)23-28(2,24(35)33(23)27)40-14-13-29-22(34)21-15-30-19-11-7-8-12-20(19)31-21/h4-12,15,23H,13-14,16-17H2,1-3H3,(H,29,34)/t23?,27-,28-/m0/s1. The molecule has 2 fully saturated rings. The molecule has 3 atom stereocenters. The molecule has 2 aromatic carbocycles. The van der Waals surface area contributed by atoms with Gasteiger partial charge in [-0.15, -0.1) is 0 Å². The van der Waals surface area contributed by atoms with Crippen LogP contribution < -0.4 is 5.32 Å². The summed E-state index contributed by atoms with van der Waals surface area (Å²) in [6, 6.07) is 16.3. The highest BCUT2D eigenvalue weighted by Crippen LogP contribution is 2.47. The van der Waals surface area contributed by atoms with Gasteiger partial charge in [0.1, 0.15) is 18.5 Å². The number of methoxy groups -OCH3 is 1. The first-order valence-electron chi connectivity index (χ1n) is 12.7. The van der Waals surface area contributed by atoms with Crippen LogP contribution in [0.1, 0.15) is 29.9 Å². The fraction of sp³-hybridized carbons (Fsp3) is 0.357. The number of benzene rings is 2. The Morgan fingerprint density at radius 3 is 2.48 bits per heavy atom. The molecule has 208 valence electrons. The van der Waals surface area contributed by atoms with E-state index >= 15 is 0 Å². The third-order valence-electron chi connectivity index (χ3n) is 7.22. The quantitative estimate of drug-likeness (QED) is 0.254. The summed E-state index contributed by atoms with van der Waals surface area (Å²) in [5, 5.41) is 2.70. The highest BCUT2D eigenvalue weighted by atomic mass is 16.6. The van der Waals surface area contributed by atoms with Gasteiger partial charge in [0.25, 0.3) is 11.8 Å². The van der Waals surface area contributed by atoms with Crippen LogP contribution in [0.25, 0.3) is 11.0 Å². The van der Waals surface area contributed by atoms with Gasteiger partial charge in [0.05, 0.1) is 37.5 Å². The second-order valence-electron chi connectivity index (χ2n) is 9.94. The molecule has 0 bridgehead atoms. The van der Waals surface area contributed by atoms with E-state index in [1.165, 1.54) is 23.1 Å². The van der Waals surface area contributed by atoms with Gasteiger partial charge in [0.2, 0.25) is 0 Å². The van der Waals surface area contributed by atoms with E-state index in [0.717, 1.165) is 5.56 Å². The number of carbonyl (C=O) groups is 4. The number of aromatic nitrogens is 2. The molecule has 40 heavy (non-hydrogen) atoms. The number of carbonyl (C=O) groups excluding carboxylic acids is 4. The van der Waals surface area contributed by atoms with Crippen molar-refractivity contribution in [3.63, 3.8) is 0 Å². The second-order valence-corrected chi connectivity index (χ2v) is 9.94. The SMILES string of the molecule is COC(=O)[C@]1(C)CN(C(=O)OCc2ccccc2)C2N1C(=O)[C@@]2(C)OCCNC(=O)c1cnc2ccccc2n1. The maximum atomic E-state index is 13.3. The van der Waals surface area contributed by atoms with E-state index < -0.39 is 41.2 Å². The van der Waals surface area contributed by atoms with Crippen molar-refractivity contribution in [1.29, 1.82) is 0 Å². The number of amides is 3. The molecule has 12 nitrogen and oxygen atoms in total. The lowest BCUT2D eigenvalue weighted by Gasteiger charge is -2.54. The van der Waals surface area contributed by atoms with Gasteiger partial charge in [-0.05, 0) is 31.5 Å². The molecule has 3 aromatic rings. The van der Waals surface area contributed by atoms with Crippen LogP contribution in [-0.4, -0.2) is 87.8 Å². The van der Waals surface area contributed by atoms with Crippen molar-refractivity contribution < 1.29 is 33.4 Å². The summed E-state index contributed by atoms with van der Waals surface area (Å²) in [5.41, 5.74) is -0.677. The summed E-state index contributed by atoms with van der Waals surface area (Å²) < 4.78 is 16.4. The van der Waals surface area contributed by atoms with Crippen molar-refractivity contribution in [1.82, 2.24) is 25.1 Å². The van der Waals surface area contributed by atoms with Crippen LogP contribution in [0.3, 0.4) is 0 Å². The van der Waals surface area contributed by atoms with E-state index in [0.29, 0.717) is 11.0 Å². The largest absolute Gasteiger partial charge is 0.467 e. The highest BCUT2D eigenvalue weighted by Gasteiger charge is 2.73. The summed E-state index contributed by atoms with van der Waals surface area (Å²) in [7, 11) is 1.22. The van der Waals surface area contributed by atoms with Gasteiger partial charge >= 0.3 is 12.1 Å². The average Bonchev–Trinajstić information content (AvgIpc) is 3.30. The topological polar surface area (TPSA) is 140 Å². The van der Waals surface area contributed by atoms with E-state index in [4.69, 9.17) is 14.2 Å². The first-order valence-corrected chi connectivity index (χ1v) is 12.7. The van der Waals surface area contributed by atoms with Gasteiger partial charge in [0, 0.05) is 6.54 Å². The van der Waals surface area contributed by atoms with E-state index in [1.54, 1.807) is 32.0 Å². The number of esters is 1. The number of rotatable bonds is 8. The van der Waals surface area contributed by atoms with Gasteiger partial charge in [-0.3, -0.25) is 24.4 Å². The van der Waals surface area contributed by atoms with Crippen LogP contribution in [0, 0.1) is 0 Å². The minimum atomic E-state index is -1.47. The smallest absolute Gasteiger partial charge is 0.411 e. The molecular formula is C28H29N5O7. The number of hydrogen-bond donors (Lipinski definition) is 1. The fourth-order valence-corrected chi connectivity index (χ4v) is 5.14. The van der Waals surface area contributed by atoms with E-state index in [1.807, 2.05) is 36.4 Å². The molecule has 0 radical (unpaired) electrons. The summed E-state index contributed by atoms with van der Waals surface area (Å²) >= 11 is 0. The Kier molecular flexibility index (Phi) is 7.11. The van der Waals surface area contributed by atoms with Crippen molar-refractivity contribution in [2.45, 2.75) is 37.8 Å². The summed E-state index contributed by atoms with van der Waals surface area (Å²) in [6.45, 7) is 3.01. The molecule has 2 aliphatic rings. The zero-order valence-electron chi connectivity index (χ0n) is 22.3. The molecule has 5 rings (SSSR count). The number of nitrogens with one attached hydrogen (secondary N) is 1. The molecule has 1 aromatic heterocycles. The maximum absolute atomic E-state index is 13.3. The van der Waals surface area contributed by atoms with Crippen LogP contribution in [-0.2, 0) is 30.4 Å². The van der Waals surface area contributed by atoms with Crippen molar-refractivity contribution >= 4 is 34.9 Å². The average molecular weight is 548 g/mol. The van der Waals surface area contributed by atoms with Crippen LogP contribution in [0.5, 0.6) is 0 Å². The minimum Gasteiger partial charge on any atom is -0.467 e. The van der Waals surface area contributed by atoms with Crippen molar-refractivity contribution in [2.75, 3.05) is 26.8 Å². The first-order chi connectivity index (χ1) is 19.2. The van der Waals surface area contributed by atoms with Crippen molar-refractivity contribution in [2.24, 2.45) is 0 Å². The van der Waals surface area contributed by atoms with Gasteiger partial charge in [-0.2, -0.15) is 0 Å². The Labute approximate surface area is 230 Å². The molecular weight excluding hydrogens is 518 g/mol. The Morgan fingerprint density at radius 2 is 1.75 bits per heavy atom. The van der Waals surface area contributed by atoms with Crippen molar-refractivity contribution in [3.8, 4) is 0 Å². The number of nitrogens with zero attached hydrogens (tertiary/aromatic N) is 4. The maximum Gasteiger partial charge on any atom is 0.411 e. The Morgan fingerprint density at radius 1 is 1.05 bits per heavy atom. The predicted octanol–water partition coefficient (Wildman–Crippen LogP) is 1.89. The lowest BCUT2D eigenvalue weighted by Crippen LogP contribution is -2.78. The lowest BCUT2D eigenvalue weighted by atomic mass is 9.86. The molecule has 3 amide bonds. The number of fused-ring (bicyclic) bond motifs is 2. The lowest BCUT2D eigenvalue weighted by molar-refractivity contribution is -0.217. The van der Waals surface area contributed by atoms with Crippen LogP contribution in [0.2, 0.25) is 0 Å². The third kappa shape index (κ3) is 4.60. The molecule has 3 heterocycles. The summed E-state index contributed by atoms with van der Waals surface area (Å²) in [5.74, 6) is -1.58. The van der Waals surface area contributed by atoms with Crippen molar-refractivity contribution in [3.05, 3.63) is 72.1 Å². The van der Waals surface area contributed by atoms with E-state index in [-0.39, 0.29) is 32.0 Å². The normalized spacial score (nSPS) is 23.4. The Hall–Kier alpha value is -4.58. The van der Waals surface area contributed by atoms with Gasteiger partial charge in [-0.1, -0.05) is 42.5 Å². The van der Waals surface area contributed by atoms with Gasteiger partial charge < -0.3 is 19.5 Å². The zero-order valence-corrected chi connectivity index (χ0v) is 22.3. The number of β-lactam (4-membered cyclic amide) rings is 1. The highest BCUT2D eigenvalue weighted by molar-refractivity contribution is 6.00. The predicted molar refractivity (Wildman–Crippen MR) is 141 cm³/mol. The van der Waals surface area contributed by atoms with E-state index in [9.17, 15) is 19.2 Å². The van der Waals surface area contributed by atoms with E-state index in [2.05, 4.69) is 15.3 Å². The molecule has 0 spiro atoms. The number of para-hydroxylation sites is 2. The summed E-state index contributed by atoms with van der Waals surface area (Å²) in [4.78, 5) is 62.9. The van der Waals surface area contributed by atoms with Gasteiger partial charge in [0.15, 0.2) is 11.1 Å². The zero-order chi connectivity index (χ0) is 28.5. The Balaban J connectivity index is 1.25. The molecule has 0 saturated carbocycles. The summed E-state index contributed by atoms with van der Waals surface area (Å²) in [6.07, 6.45) is -0.218. The molecule has 12 heteroatoms. The molecule has 1 unspecified atom stereocenters. The first kappa shape index (κ1) is 27.0. The Bertz CT molecular complexity index is 1470. The minimum absolute atomic E-state index is 0.0209. The molecule has 0 aliphatic carbocycles.